The van der Waals surface area contributed by atoms with Crippen molar-refractivity contribution in [1.29, 1.82) is 0 Å². The van der Waals surface area contributed by atoms with Gasteiger partial charge in [0.2, 0.25) is 10.0 Å². The second kappa shape index (κ2) is 5.66. The summed E-state index contributed by atoms with van der Waals surface area (Å²) in [6.45, 7) is 2.39. The minimum Gasteiger partial charge on any atom is -0.391 e. The summed E-state index contributed by atoms with van der Waals surface area (Å²) < 4.78 is 32.6. The summed E-state index contributed by atoms with van der Waals surface area (Å²) in [5.41, 5.74) is 0. The van der Waals surface area contributed by atoms with E-state index in [9.17, 15) is 8.42 Å². The highest BCUT2D eigenvalue weighted by Crippen LogP contribution is 2.23. The van der Waals surface area contributed by atoms with Gasteiger partial charge in [0.1, 0.15) is 4.21 Å². The Kier molecular flexibility index (Phi) is 4.39. The number of ether oxygens (including phenoxy) is 1. The molecule has 1 aliphatic heterocycles. The summed E-state index contributed by atoms with van der Waals surface area (Å²) in [5, 5.41) is 8.95. The van der Waals surface area contributed by atoms with Crippen molar-refractivity contribution in [2.75, 3.05) is 6.61 Å². The highest BCUT2D eigenvalue weighted by molar-refractivity contribution is 7.91. The molecule has 1 aliphatic rings. The Morgan fingerprint density at radius 2 is 2.33 bits per heavy atom. The molecule has 1 aromatic heterocycles. The minimum absolute atomic E-state index is 0.0709. The monoisotopic (exact) mass is 291 g/mol. The maximum Gasteiger partial charge on any atom is 0.250 e. The molecule has 102 valence electrons. The number of thiophene rings is 1. The molecule has 7 heteroatoms. The van der Waals surface area contributed by atoms with Crippen LogP contribution in [-0.4, -0.2) is 32.3 Å². The number of aliphatic hydroxyl groups is 1. The number of rotatable bonds is 4. The Bertz CT molecular complexity index is 497. The smallest absolute Gasteiger partial charge is 0.250 e. The molecular weight excluding hydrogens is 274 g/mol. The molecule has 5 nitrogen and oxygen atoms in total. The maximum atomic E-state index is 12.1. The second-order valence-corrected chi connectivity index (χ2v) is 7.51. The van der Waals surface area contributed by atoms with E-state index in [4.69, 9.17) is 9.84 Å². The van der Waals surface area contributed by atoms with E-state index in [0.717, 1.165) is 11.3 Å². The third kappa shape index (κ3) is 3.30. The molecule has 0 radical (unpaired) electrons. The van der Waals surface area contributed by atoms with Crippen molar-refractivity contribution in [3.8, 4) is 0 Å². The molecule has 2 unspecified atom stereocenters. The predicted molar refractivity (Wildman–Crippen MR) is 69.0 cm³/mol. The molecule has 2 rings (SSSR count). The van der Waals surface area contributed by atoms with Crippen molar-refractivity contribution < 1.29 is 18.3 Å². The van der Waals surface area contributed by atoms with Crippen LogP contribution in [0.5, 0.6) is 0 Å². The lowest BCUT2D eigenvalue weighted by Gasteiger charge is -2.27. The van der Waals surface area contributed by atoms with E-state index in [1.54, 1.807) is 6.07 Å². The third-order valence-corrected chi connectivity index (χ3v) is 5.95. The second-order valence-electron chi connectivity index (χ2n) is 4.40. The van der Waals surface area contributed by atoms with Crippen LogP contribution in [0.2, 0.25) is 0 Å². The van der Waals surface area contributed by atoms with Gasteiger partial charge in [0.15, 0.2) is 0 Å². The molecule has 0 aromatic carbocycles. The lowest BCUT2D eigenvalue weighted by atomic mass is 10.1. The van der Waals surface area contributed by atoms with Crippen LogP contribution in [0.25, 0.3) is 0 Å². The summed E-state index contributed by atoms with van der Waals surface area (Å²) in [4.78, 5) is 0.649. The zero-order chi connectivity index (χ0) is 13.2. The highest BCUT2D eigenvalue weighted by atomic mass is 32.2. The van der Waals surface area contributed by atoms with Gasteiger partial charge in [-0.05, 0) is 31.9 Å². The van der Waals surface area contributed by atoms with Crippen LogP contribution < -0.4 is 4.72 Å². The number of hydrogen-bond donors (Lipinski definition) is 2. The molecule has 1 aromatic rings. The molecule has 1 saturated heterocycles. The average Bonchev–Trinajstić information content (AvgIpc) is 2.77. The molecule has 2 N–H and O–H groups in total. The normalized spacial score (nSPS) is 25.2. The first-order chi connectivity index (χ1) is 8.51. The van der Waals surface area contributed by atoms with Crippen LogP contribution in [0.3, 0.4) is 0 Å². The van der Waals surface area contributed by atoms with Gasteiger partial charge in [0.05, 0.1) is 12.7 Å². The molecule has 0 bridgehead atoms. The van der Waals surface area contributed by atoms with Gasteiger partial charge in [-0.25, -0.2) is 13.1 Å². The predicted octanol–water partition coefficient (Wildman–Crippen LogP) is 1.09. The van der Waals surface area contributed by atoms with Crippen molar-refractivity contribution in [2.24, 2.45) is 0 Å². The summed E-state index contributed by atoms with van der Waals surface area (Å²) in [6, 6.07) is 3.09. The Morgan fingerprint density at radius 3 is 2.94 bits per heavy atom. The van der Waals surface area contributed by atoms with E-state index < -0.39 is 10.0 Å². The third-order valence-electron chi connectivity index (χ3n) is 2.86. The Hall–Kier alpha value is -0.470. The van der Waals surface area contributed by atoms with Crippen LogP contribution in [0.4, 0.5) is 0 Å². The molecule has 0 aliphatic carbocycles. The zero-order valence-corrected chi connectivity index (χ0v) is 11.8. The number of aliphatic hydroxyl groups excluding tert-OH is 1. The van der Waals surface area contributed by atoms with Crippen LogP contribution in [0.15, 0.2) is 16.3 Å². The molecule has 2 heterocycles. The molecular formula is C11H17NO4S2. The van der Waals surface area contributed by atoms with Gasteiger partial charge in [-0.3, -0.25) is 0 Å². The van der Waals surface area contributed by atoms with E-state index in [1.165, 1.54) is 6.07 Å². The van der Waals surface area contributed by atoms with Gasteiger partial charge in [-0.2, -0.15) is 0 Å². The van der Waals surface area contributed by atoms with Crippen molar-refractivity contribution in [2.45, 2.75) is 42.7 Å². The quantitative estimate of drug-likeness (QED) is 0.870. The highest BCUT2D eigenvalue weighted by Gasteiger charge is 2.25. The SMILES string of the molecule is CC1CC(NS(=O)(=O)c2ccc(CO)s2)CCO1. The number of sulfonamides is 1. The van der Waals surface area contributed by atoms with E-state index >= 15 is 0 Å². The van der Waals surface area contributed by atoms with Crippen molar-refractivity contribution >= 4 is 21.4 Å². The van der Waals surface area contributed by atoms with Crippen LogP contribution in [0, 0.1) is 0 Å². The fourth-order valence-electron chi connectivity index (χ4n) is 1.97. The van der Waals surface area contributed by atoms with Gasteiger partial charge in [-0.1, -0.05) is 0 Å². The van der Waals surface area contributed by atoms with Gasteiger partial charge < -0.3 is 9.84 Å². The Balaban J connectivity index is 2.06. The summed E-state index contributed by atoms with van der Waals surface area (Å²) in [7, 11) is -3.47. The topological polar surface area (TPSA) is 75.6 Å². The van der Waals surface area contributed by atoms with E-state index in [2.05, 4.69) is 4.72 Å². The first-order valence-electron chi connectivity index (χ1n) is 5.85. The lowest BCUT2D eigenvalue weighted by Crippen LogP contribution is -2.40. The summed E-state index contributed by atoms with van der Waals surface area (Å²) >= 11 is 1.10. The van der Waals surface area contributed by atoms with Crippen molar-refractivity contribution in [3.63, 3.8) is 0 Å². The minimum atomic E-state index is -3.47. The van der Waals surface area contributed by atoms with E-state index in [1.807, 2.05) is 6.92 Å². The molecule has 0 spiro atoms. The standard InChI is InChI=1S/C11H17NO4S2/c1-8-6-9(4-5-16-8)12-18(14,15)11-3-2-10(7-13)17-11/h2-3,8-9,12-13H,4-7H2,1H3. The largest absolute Gasteiger partial charge is 0.391 e. The van der Waals surface area contributed by atoms with Crippen LogP contribution >= 0.6 is 11.3 Å². The fraction of sp³-hybridized carbons (Fsp3) is 0.636. The average molecular weight is 291 g/mol. The van der Waals surface area contributed by atoms with Gasteiger partial charge in [0.25, 0.3) is 0 Å². The first-order valence-corrected chi connectivity index (χ1v) is 8.15. The van der Waals surface area contributed by atoms with Gasteiger partial charge in [-0.15, -0.1) is 11.3 Å². The lowest BCUT2D eigenvalue weighted by molar-refractivity contribution is 0.0173. The van der Waals surface area contributed by atoms with Crippen LogP contribution in [-0.2, 0) is 21.4 Å². The molecule has 0 amide bonds. The fourth-order valence-corrected chi connectivity index (χ4v) is 4.49. The van der Waals surface area contributed by atoms with E-state index in [-0.39, 0.29) is 23.0 Å². The Morgan fingerprint density at radius 1 is 1.56 bits per heavy atom. The molecule has 1 fully saturated rings. The molecule has 18 heavy (non-hydrogen) atoms. The van der Waals surface area contributed by atoms with Gasteiger partial charge >= 0.3 is 0 Å². The number of hydrogen-bond acceptors (Lipinski definition) is 5. The summed E-state index contributed by atoms with van der Waals surface area (Å²) in [6.07, 6.45) is 1.47. The Labute approximate surface area is 111 Å². The van der Waals surface area contributed by atoms with Crippen molar-refractivity contribution in [3.05, 3.63) is 17.0 Å². The first kappa shape index (κ1) is 14.0. The molecule has 2 atom stereocenters. The molecule has 0 saturated carbocycles. The zero-order valence-electron chi connectivity index (χ0n) is 10.1. The maximum absolute atomic E-state index is 12.1. The van der Waals surface area contributed by atoms with Gasteiger partial charge in [0, 0.05) is 17.5 Å². The number of nitrogens with one attached hydrogen (secondary N) is 1. The van der Waals surface area contributed by atoms with E-state index in [0.29, 0.717) is 24.3 Å². The summed E-state index contributed by atoms with van der Waals surface area (Å²) in [5.74, 6) is 0. The van der Waals surface area contributed by atoms with Crippen molar-refractivity contribution in [1.82, 2.24) is 4.72 Å². The van der Waals surface area contributed by atoms with Crippen LogP contribution in [0.1, 0.15) is 24.6 Å².